The molecule has 3 rings (SSSR count). The zero-order valence-electron chi connectivity index (χ0n) is 17.0. The first kappa shape index (κ1) is 22.9. The lowest BCUT2D eigenvalue weighted by Gasteiger charge is -2.35. The third kappa shape index (κ3) is 5.09. The molecule has 1 aromatic rings. The molecule has 1 saturated heterocycles. The average Bonchev–Trinajstić information content (AvgIpc) is 3.19. The number of nitro groups is 1. The number of amides is 1. The number of nitrogens with zero attached hydrogens (tertiary/aromatic N) is 2. The maximum atomic E-state index is 13.5. The van der Waals surface area contributed by atoms with Crippen molar-refractivity contribution in [2.24, 2.45) is 5.92 Å². The highest BCUT2D eigenvalue weighted by Crippen LogP contribution is 2.41. The fraction of sp³-hybridized carbons (Fsp3) is 0.619. The van der Waals surface area contributed by atoms with Crippen molar-refractivity contribution in [2.75, 3.05) is 12.4 Å². The highest BCUT2D eigenvalue weighted by molar-refractivity contribution is 8.00. The number of carbonyl (C=O) groups is 2. The van der Waals surface area contributed by atoms with Gasteiger partial charge in [0, 0.05) is 17.4 Å². The van der Waals surface area contributed by atoms with Gasteiger partial charge in [0.25, 0.3) is 11.6 Å². The Bertz CT molecular complexity index is 800. The number of benzene rings is 1. The van der Waals surface area contributed by atoms with Crippen molar-refractivity contribution in [1.82, 2.24) is 4.90 Å². The molecular weight excluding hydrogens is 428 g/mol. The van der Waals surface area contributed by atoms with Crippen molar-refractivity contribution in [2.45, 2.75) is 63.3 Å². The minimum Gasteiger partial charge on any atom is -0.464 e. The molecule has 0 bridgehead atoms. The van der Waals surface area contributed by atoms with Crippen LogP contribution in [-0.4, -0.2) is 45.5 Å². The molecule has 1 heterocycles. The maximum Gasteiger partial charge on any atom is 0.329 e. The van der Waals surface area contributed by atoms with Gasteiger partial charge in [0.1, 0.15) is 11.1 Å². The number of rotatable bonds is 7. The highest BCUT2D eigenvalue weighted by atomic mass is 35.5. The first-order valence-corrected chi connectivity index (χ1v) is 11.9. The fourth-order valence-electron chi connectivity index (χ4n) is 4.10. The van der Waals surface area contributed by atoms with Crippen LogP contribution < -0.4 is 0 Å². The Balaban J connectivity index is 1.88. The van der Waals surface area contributed by atoms with Gasteiger partial charge in [0.2, 0.25) is 0 Å². The largest absolute Gasteiger partial charge is 0.464 e. The second-order valence-electron chi connectivity index (χ2n) is 7.79. The number of unbranched alkanes of at least 4 members (excludes halogenated alkanes) is 1. The van der Waals surface area contributed by atoms with Crippen molar-refractivity contribution >= 4 is 40.9 Å². The summed E-state index contributed by atoms with van der Waals surface area (Å²) in [5.41, 5.74) is -0.147. The topological polar surface area (TPSA) is 89.8 Å². The summed E-state index contributed by atoms with van der Waals surface area (Å²) in [6.07, 6.45) is 7.13. The Morgan fingerprint density at radius 2 is 2.03 bits per heavy atom. The first-order valence-electron chi connectivity index (χ1n) is 10.5. The second-order valence-corrected chi connectivity index (χ2v) is 9.35. The molecule has 2 atom stereocenters. The minimum absolute atomic E-state index is 0.0216. The molecule has 0 radical (unpaired) electrons. The molecule has 0 aromatic heterocycles. The van der Waals surface area contributed by atoms with E-state index in [0.29, 0.717) is 18.3 Å². The van der Waals surface area contributed by atoms with Gasteiger partial charge in [-0.05, 0) is 37.3 Å². The van der Waals surface area contributed by atoms with E-state index in [-0.39, 0.29) is 27.6 Å². The molecule has 164 valence electrons. The lowest BCUT2D eigenvalue weighted by atomic mass is 9.88. The Labute approximate surface area is 185 Å². The lowest BCUT2D eigenvalue weighted by Crippen LogP contribution is -2.48. The van der Waals surface area contributed by atoms with Gasteiger partial charge >= 0.3 is 5.97 Å². The van der Waals surface area contributed by atoms with E-state index in [0.717, 1.165) is 38.5 Å². The number of carbonyl (C=O) groups excluding carboxylic acids is 2. The number of hydrogen-bond donors (Lipinski definition) is 0. The Morgan fingerprint density at radius 1 is 1.30 bits per heavy atom. The molecule has 1 aliphatic carbocycles. The van der Waals surface area contributed by atoms with Gasteiger partial charge < -0.3 is 9.64 Å². The van der Waals surface area contributed by atoms with Gasteiger partial charge in [-0.2, -0.15) is 0 Å². The van der Waals surface area contributed by atoms with Crippen LogP contribution >= 0.6 is 23.4 Å². The predicted octanol–water partition coefficient (Wildman–Crippen LogP) is 5.06. The van der Waals surface area contributed by atoms with Crippen molar-refractivity contribution in [3.05, 3.63) is 38.9 Å². The summed E-state index contributed by atoms with van der Waals surface area (Å²) in [7, 11) is 0. The van der Waals surface area contributed by atoms with Gasteiger partial charge in [-0.3, -0.25) is 14.9 Å². The Hall–Kier alpha value is -1.80. The normalized spacial score (nSPS) is 22.1. The predicted molar refractivity (Wildman–Crippen MR) is 117 cm³/mol. The SMILES string of the molecule is CCCCOC(=O)C1CSC(C2CCCCC2)N1C(=O)c1ccc(Cl)c([N+](=O)[O-])c1. The summed E-state index contributed by atoms with van der Waals surface area (Å²) >= 11 is 7.52. The summed E-state index contributed by atoms with van der Waals surface area (Å²) < 4.78 is 5.42. The molecule has 1 saturated carbocycles. The molecular formula is C21H27ClN2O5S. The maximum absolute atomic E-state index is 13.5. The Morgan fingerprint density at radius 3 is 2.70 bits per heavy atom. The van der Waals surface area contributed by atoms with Crippen LogP contribution in [0.2, 0.25) is 5.02 Å². The van der Waals surface area contributed by atoms with Crippen LogP contribution in [0.1, 0.15) is 62.2 Å². The van der Waals surface area contributed by atoms with Gasteiger partial charge in [-0.15, -0.1) is 11.8 Å². The highest BCUT2D eigenvalue weighted by Gasteiger charge is 2.46. The van der Waals surface area contributed by atoms with E-state index in [1.807, 2.05) is 6.92 Å². The van der Waals surface area contributed by atoms with Crippen LogP contribution in [0.4, 0.5) is 5.69 Å². The fourth-order valence-corrected chi connectivity index (χ4v) is 5.91. The average molecular weight is 455 g/mol. The van der Waals surface area contributed by atoms with E-state index in [1.54, 1.807) is 16.7 Å². The molecule has 1 aromatic carbocycles. The van der Waals surface area contributed by atoms with Crippen LogP contribution in [0.15, 0.2) is 18.2 Å². The van der Waals surface area contributed by atoms with Gasteiger partial charge in [-0.1, -0.05) is 44.2 Å². The van der Waals surface area contributed by atoms with Crippen LogP contribution in [0.3, 0.4) is 0 Å². The van der Waals surface area contributed by atoms with Crippen LogP contribution in [0, 0.1) is 16.0 Å². The number of esters is 1. The summed E-state index contributed by atoms with van der Waals surface area (Å²) in [4.78, 5) is 38.5. The molecule has 1 aliphatic heterocycles. The zero-order chi connectivity index (χ0) is 21.7. The van der Waals surface area contributed by atoms with Crippen LogP contribution in [0.5, 0.6) is 0 Å². The molecule has 7 nitrogen and oxygen atoms in total. The van der Waals surface area contributed by atoms with E-state index >= 15 is 0 Å². The molecule has 2 unspecified atom stereocenters. The lowest BCUT2D eigenvalue weighted by molar-refractivity contribution is -0.384. The van der Waals surface area contributed by atoms with Crippen molar-refractivity contribution in [3.8, 4) is 0 Å². The summed E-state index contributed by atoms with van der Waals surface area (Å²) in [6, 6.07) is 3.37. The third-order valence-electron chi connectivity index (χ3n) is 5.73. The number of halogens is 1. The molecule has 2 fully saturated rings. The molecule has 0 spiro atoms. The molecule has 0 N–H and O–H groups in total. The summed E-state index contributed by atoms with van der Waals surface area (Å²) in [5, 5.41) is 11.1. The van der Waals surface area contributed by atoms with Crippen molar-refractivity contribution in [1.29, 1.82) is 0 Å². The van der Waals surface area contributed by atoms with E-state index in [1.165, 1.54) is 24.6 Å². The number of hydrogen-bond acceptors (Lipinski definition) is 6. The standard InChI is InChI=1S/C21H27ClN2O5S/c1-2-3-11-29-21(26)18-13-30-20(14-7-5-4-6-8-14)23(18)19(25)15-9-10-16(22)17(12-15)24(27)28/h9-10,12,14,18,20H,2-8,11,13H2,1H3. The monoisotopic (exact) mass is 454 g/mol. The molecule has 30 heavy (non-hydrogen) atoms. The quantitative estimate of drug-likeness (QED) is 0.247. The summed E-state index contributed by atoms with van der Waals surface area (Å²) in [5.74, 6) is 0.00960. The molecule has 1 amide bonds. The molecule has 2 aliphatic rings. The summed E-state index contributed by atoms with van der Waals surface area (Å²) in [6.45, 7) is 2.35. The van der Waals surface area contributed by atoms with Gasteiger partial charge in [-0.25, -0.2) is 4.79 Å². The van der Waals surface area contributed by atoms with Crippen molar-refractivity contribution < 1.29 is 19.2 Å². The minimum atomic E-state index is -0.680. The van der Waals surface area contributed by atoms with E-state index in [2.05, 4.69) is 0 Å². The van der Waals surface area contributed by atoms with E-state index in [9.17, 15) is 19.7 Å². The number of ether oxygens (including phenoxy) is 1. The van der Waals surface area contributed by atoms with E-state index < -0.39 is 16.9 Å². The molecule has 9 heteroatoms. The first-order chi connectivity index (χ1) is 14.4. The second kappa shape index (κ2) is 10.5. The zero-order valence-corrected chi connectivity index (χ0v) is 18.6. The Kier molecular flexibility index (Phi) is 7.99. The van der Waals surface area contributed by atoms with Crippen molar-refractivity contribution in [3.63, 3.8) is 0 Å². The third-order valence-corrected chi connectivity index (χ3v) is 7.51. The number of thioether (sulfide) groups is 1. The smallest absolute Gasteiger partial charge is 0.329 e. The van der Waals surface area contributed by atoms with E-state index in [4.69, 9.17) is 16.3 Å². The number of nitro benzene ring substituents is 1. The van der Waals surface area contributed by atoms with Crippen LogP contribution in [-0.2, 0) is 9.53 Å². The van der Waals surface area contributed by atoms with Gasteiger partial charge in [0.15, 0.2) is 0 Å². The van der Waals surface area contributed by atoms with Crippen LogP contribution in [0.25, 0.3) is 0 Å². The van der Waals surface area contributed by atoms with Gasteiger partial charge in [0.05, 0.1) is 16.9 Å².